The summed E-state index contributed by atoms with van der Waals surface area (Å²) in [5, 5.41) is 0. The Morgan fingerprint density at radius 2 is 1.71 bits per heavy atom. The van der Waals surface area contributed by atoms with E-state index in [9.17, 15) is 0 Å². The first-order valence-corrected chi connectivity index (χ1v) is 10.1. The van der Waals surface area contributed by atoms with Crippen LogP contribution in [0.25, 0.3) is 0 Å². The van der Waals surface area contributed by atoms with Crippen LogP contribution in [0.2, 0.25) is 0 Å². The van der Waals surface area contributed by atoms with E-state index in [0.717, 1.165) is 25.0 Å². The smallest absolute Gasteiger partial charge is 0.0809 e. The van der Waals surface area contributed by atoms with Crippen molar-refractivity contribution in [2.75, 3.05) is 13.2 Å². The zero-order chi connectivity index (χ0) is 16.8. The molecule has 1 saturated carbocycles. The Balaban J connectivity index is 1.45. The van der Waals surface area contributed by atoms with Crippen molar-refractivity contribution < 1.29 is 9.47 Å². The second-order valence-corrected chi connectivity index (χ2v) is 7.63. The van der Waals surface area contributed by atoms with Crippen molar-refractivity contribution in [3.63, 3.8) is 0 Å². The highest BCUT2D eigenvalue weighted by molar-refractivity contribution is 5.26. The molecule has 1 aromatic carbocycles. The normalized spacial score (nSPS) is 31.1. The molecule has 0 aromatic heterocycles. The molecule has 0 spiro atoms. The van der Waals surface area contributed by atoms with Crippen LogP contribution in [0, 0.1) is 5.92 Å². The quantitative estimate of drug-likeness (QED) is 0.686. The number of benzene rings is 1. The van der Waals surface area contributed by atoms with E-state index in [2.05, 4.69) is 38.1 Å². The van der Waals surface area contributed by atoms with Crippen LogP contribution in [-0.4, -0.2) is 25.4 Å². The number of hydrogen-bond acceptors (Lipinski definition) is 2. The lowest BCUT2D eigenvalue weighted by molar-refractivity contribution is -0.105. The second-order valence-electron chi connectivity index (χ2n) is 7.63. The molecule has 0 radical (unpaired) electrons. The fraction of sp³-hybridized carbons (Fsp3) is 0.727. The minimum absolute atomic E-state index is 0.337. The van der Waals surface area contributed by atoms with Crippen LogP contribution in [-0.2, 0) is 15.9 Å². The summed E-state index contributed by atoms with van der Waals surface area (Å²) in [5.74, 6) is 1.53. The first kappa shape index (κ1) is 17.9. The fourth-order valence-corrected chi connectivity index (χ4v) is 4.56. The summed E-state index contributed by atoms with van der Waals surface area (Å²) in [6.07, 6.45) is 10.9. The van der Waals surface area contributed by atoms with E-state index >= 15 is 0 Å². The lowest BCUT2D eigenvalue weighted by atomic mass is 9.75. The van der Waals surface area contributed by atoms with E-state index < -0.39 is 0 Å². The highest BCUT2D eigenvalue weighted by Gasteiger charge is 2.32. The summed E-state index contributed by atoms with van der Waals surface area (Å²) < 4.78 is 11.8. The summed E-state index contributed by atoms with van der Waals surface area (Å²) in [6, 6.07) is 9.42. The lowest BCUT2D eigenvalue weighted by Gasteiger charge is -2.37. The molecule has 1 aromatic rings. The van der Waals surface area contributed by atoms with Crippen molar-refractivity contribution in [3.05, 3.63) is 35.4 Å². The molecule has 2 fully saturated rings. The predicted octanol–water partition coefficient (Wildman–Crippen LogP) is 5.50. The summed E-state index contributed by atoms with van der Waals surface area (Å²) in [4.78, 5) is 0. The molecule has 1 heterocycles. The largest absolute Gasteiger partial charge is 0.376 e. The topological polar surface area (TPSA) is 18.5 Å². The third-order valence-corrected chi connectivity index (χ3v) is 5.96. The monoisotopic (exact) mass is 330 g/mol. The van der Waals surface area contributed by atoms with Gasteiger partial charge in [0.25, 0.3) is 0 Å². The standard InChI is InChI=1S/C22H34O2/c1-3-5-17-6-8-18(9-7-17)19-10-12-20(13-11-19)22-15-14-21(16-24-22)23-4-2/h6-9,19-22H,3-5,10-16H2,1-2H3. The van der Waals surface area contributed by atoms with E-state index in [-0.39, 0.29) is 0 Å². The van der Waals surface area contributed by atoms with E-state index in [0.29, 0.717) is 12.2 Å². The minimum atomic E-state index is 0.337. The van der Waals surface area contributed by atoms with Gasteiger partial charge in [-0.15, -0.1) is 0 Å². The molecule has 2 heteroatoms. The van der Waals surface area contributed by atoms with Crippen molar-refractivity contribution in [2.45, 2.75) is 83.3 Å². The molecule has 134 valence electrons. The second kappa shape index (κ2) is 9.01. The summed E-state index contributed by atoms with van der Waals surface area (Å²) in [6.45, 7) is 5.93. The molecule has 2 nitrogen and oxygen atoms in total. The third-order valence-electron chi connectivity index (χ3n) is 5.96. The third kappa shape index (κ3) is 4.61. The summed E-state index contributed by atoms with van der Waals surface area (Å²) in [5.41, 5.74) is 3.03. The first-order chi connectivity index (χ1) is 11.8. The molecule has 2 atom stereocenters. The maximum absolute atomic E-state index is 6.14. The van der Waals surface area contributed by atoms with Gasteiger partial charge < -0.3 is 9.47 Å². The van der Waals surface area contributed by atoms with Crippen LogP contribution >= 0.6 is 0 Å². The van der Waals surface area contributed by atoms with Gasteiger partial charge in [0.2, 0.25) is 0 Å². The minimum Gasteiger partial charge on any atom is -0.376 e. The number of rotatable bonds is 6. The van der Waals surface area contributed by atoms with E-state index in [4.69, 9.17) is 9.47 Å². The van der Waals surface area contributed by atoms with Gasteiger partial charge in [-0.25, -0.2) is 0 Å². The fourth-order valence-electron chi connectivity index (χ4n) is 4.56. The number of aryl methyl sites for hydroxylation is 1. The molecule has 24 heavy (non-hydrogen) atoms. The molecule has 3 rings (SSSR count). The van der Waals surface area contributed by atoms with Crippen molar-refractivity contribution in [1.82, 2.24) is 0 Å². The Labute approximate surface area is 147 Å². The van der Waals surface area contributed by atoms with Gasteiger partial charge in [-0.2, -0.15) is 0 Å². The maximum Gasteiger partial charge on any atom is 0.0809 e. The highest BCUT2D eigenvalue weighted by Crippen LogP contribution is 2.39. The van der Waals surface area contributed by atoms with Crippen LogP contribution in [0.4, 0.5) is 0 Å². The Morgan fingerprint density at radius 1 is 0.958 bits per heavy atom. The number of hydrogen-bond donors (Lipinski definition) is 0. The van der Waals surface area contributed by atoms with E-state index in [1.54, 1.807) is 5.56 Å². The Morgan fingerprint density at radius 3 is 2.29 bits per heavy atom. The van der Waals surface area contributed by atoms with Crippen molar-refractivity contribution in [1.29, 1.82) is 0 Å². The maximum atomic E-state index is 6.14. The molecule has 0 bridgehead atoms. The summed E-state index contributed by atoms with van der Waals surface area (Å²) >= 11 is 0. The molecule has 2 aliphatic rings. The van der Waals surface area contributed by atoms with Crippen molar-refractivity contribution in [2.24, 2.45) is 5.92 Å². The van der Waals surface area contributed by atoms with Crippen LogP contribution < -0.4 is 0 Å². The zero-order valence-corrected chi connectivity index (χ0v) is 15.5. The molecule has 0 N–H and O–H groups in total. The van der Waals surface area contributed by atoms with E-state index in [1.165, 1.54) is 56.9 Å². The van der Waals surface area contributed by atoms with Gasteiger partial charge in [0.05, 0.1) is 18.8 Å². The first-order valence-electron chi connectivity index (χ1n) is 10.1. The molecule has 0 amide bonds. The van der Waals surface area contributed by atoms with Gasteiger partial charge in [-0.1, -0.05) is 37.6 Å². The van der Waals surface area contributed by atoms with Crippen molar-refractivity contribution in [3.8, 4) is 0 Å². The van der Waals surface area contributed by atoms with Crippen molar-refractivity contribution >= 4 is 0 Å². The molecule has 2 unspecified atom stereocenters. The molecule has 1 saturated heterocycles. The zero-order valence-electron chi connectivity index (χ0n) is 15.5. The lowest BCUT2D eigenvalue weighted by Crippen LogP contribution is -2.37. The van der Waals surface area contributed by atoms with E-state index in [1.807, 2.05) is 0 Å². The van der Waals surface area contributed by atoms with Crippen LogP contribution in [0.1, 0.15) is 75.8 Å². The predicted molar refractivity (Wildman–Crippen MR) is 99.5 cm³/mol. The Bertz CT molecular complexity index is 465. The van der Waals surface area contributed by atoms with Gasteiger partial charge >= 0.3 is 0 Å². The van der Waals surface area contributed by atoms with Gasteiger partial charge in [0, 0.05) is 6.61 Å². The molecular weight excluding hydrogens is 296 g/mol. The van der Waals surface area contributed by atoms with Crippen LogP contribution in [0.3, 0.4) is 0 Å². The highest BCUT2D eigenvalue weighted by atomic mass is 16.5. The summed E-state index contributed by atoms with van der Waals surface area (Å²) in [7, 11) is 0. The van der Waals surface area contributed by atoms with Gasteiger partial charge in [-0.05, 0) is 74.8 Å². The Hall–Kier alpha value is -0.860. The molecule has 1 aliphatic heterocycles. The van der Waals surface area contributed by atoms with Gasteiger partial charge in [0.15, 0.2) is 0 Å². The average molecular weight is 331 g/mol. The van der Waals surface area contributed by atoms with Gasteiger partial charge in [0.1, 0.15) is 0 Å². The average Bonchev–Trinajstić information content (AvgIpc) is 2.64. The Kier molecular flexibility index (Phi) is 6.74. The molecular formula is C22H34O2. The van der Waals surface area contributed by atoms with Crippen LogP contribution in [0.15, 0.2) is 24.3 Å². The van der Waals surface area contributed by atoms with Crippen LogP contribution in [0.5, 0.6) is 0 Å². The van der Waals surface area contributed by atoms with Gasteiger partial charge in [-0.3, -0.25) is 0 Å². The number of ether oxygens (including phenoxy) is 2. The molecule has 1 aliphatic carbocycles. The SMILES string of the molecule is CCCc1ccc(C2CCC(C3CCC(OCC)CO3)CC2)cc1.